The molecule has 0 aromatic heterocycles. The van der Waals surface area contributed by atoms with Crippen molar-refractivity contribution in [1.82, 2.24) is 15.1 Å². The molecule has 4 rings (SSSR count). The van der Waals surface area contributed by atoms with Crippen LogP contribution >= 0.6 is 0 Å². The quantitative estimate of drug-likeness (QED) is 0.782. The number of carbonyl (C=O) groups is 2. The van der Waals surface area contributed by atoms with Crippen LogP contribution in [-0.2, 0) is 22.6 Å². The van der Waals surface area contributed by atoms with Crippen LogP contribution in [0.3, 0.4) is 0 Å². The predicted octanol–water partition coefficient (Wildman–Crippen LogP) is 3.25. The molecule has 31 heavy (non-hydrogen) atoms. The van der Waals surface area contributed by atoms with Gasteiger partial charge < -0.3 is 10.2 Å². The zero-order chi connectivity index (χ0) is 21.5. The molecule has 2 saturated heterocycles. The summed E-state index contributed by atoms with van der Waals surface area (Å²) in [5.41, 5.74) is 2.37. The normalized spacial score (nSPS) is 20.4. The van der Waals surface area contributed by atoms with Crippen LogP contribution in [0.2, 0.25) is 0 Å². The topological polar surface area (TPSA) is 52.7 Å². The Labute approximate surface area is 185 Å². The van der Waals surface area contributed by atoms with E-state index in [4.69, 9.17) is 0 Å². The standard InChI is InChI=1S/C26H33N3O2/c30-25(18-21-8-3-1-4-9-21)29-15-7-12-23(20-29)26(31)27-24-13-16-28(17-14-24)19-22-10-5-2-6-11-22/h1-6,8-11,23-24H,7,12-20H2,(H,27,31)/t23-/m0/s1. The fourth-order valence-corrected chi connectivity index (χ4v) is 4.70. The summed E-state index contributed by atoms with van der Waals surface area (Å²) in [7, 11) is 0. The Morgan fingerprint density at radius 2 is 1.48 bits per heavy atom. The summed E-state index contributed by atoms with van der Waals surface area (Å²) >= 11 is 0. The lowest BCUT2D eigenvalue weighted by molar-refractivity contribution is -0.135. The van der Waals surface area contributed by atoms with Crippen LogP contribution in [0.25, 0.3) is 0 Å². The second-order valence-electron chi connectivity index (χ2n) is 8.89. The summed E-state index contributed by atoms with van der Waals surface area (Å²) in [6.07, 6.45) is 4.15. The van der Waals surface area contributed by atoms with Crippen LogP contribution in [0.15, 0.2) is 60.7 Å². The Hall–Kier alpha value is -2.66. The van der Waals surface area contributed by atoms with Gasteiger partial charge in [-0.3, -0.25) is 14.5 Å². The molecule has 2 aliphatic heterocycles. The third-order valence-electron chi connectivity index (χ3n) is 6.53. The first-order chi connectivity index (χ1) is 15.2. The first-order valence-electron chi connectivity index (χ1n) is 11.6. The molecule has 2 aliphatic rings. The Kier molecular flexibility index (Phi) is 7.36. The largest absolute Gasteiger partial charge is 0.353 e. The van der Waals surface area contributed by atoms with E-state index in [1.807, 2.05) is 41.3 Å². The van der Waals surface area contributed by atoms with Gasteiger partial charge in [0.2, 0.25) is 11.8 Å². The second kappa shape index (κ2) is 10.6. The van der Waals surface area contributed by atoms with E-state index in [-0.39, 0.29) is 23.8 Å². The summed E-state index contributed by atoms with van der Waals surface area (Å²) in [6, 6.07) is 20.6. The molecular formula is C26H33N3O2. The number of hydrogen-bond donors (Lipinski definition) is 1. The average Bonchev–Trinajstić information content (AvgIpc) is 2.82. The maximum atomic E-state index is 12.9. The SMILES string of the molecule is O=C(NC1CCN(Cc2ccccc2)CC1)[C@H]1CCCN(C(=O)Cc2ccccc2)C1. The highest BCUT2D eigenvalue weighted by Gasteiger charge is 2.30. The third-order valence-corrected chi connectivity index (χ3v) is 6.53. The van der Waals surface area contributed by atoms with Gasteiger partial charge in [0, 0.05) is 38.8 Å². The monoisotopic (exact) mass is 419 g/mol. The maximum absolute atomic E-state index is 12.9. The number of nitrogens with zero attached hydrogens (tertiary/aromatic N) is 2. The fourth-order valence-electron chi connectivity index (χ4n) is 4.70. The molecule has 1 atom stereocenters. The van der Waals surface area contributed by atoms with Crippen LogP contribution in [0.4, 0.5) is 0 Å². The van der Waals surface area contributed by atoms with Gasteiger partial charge in [-0.05, 0) is 36.8 Å². The van der Waals surface area contributed by atoms with Crippen LogP contribution < -0.4 is 5.32 Å². The highest BCUT2D eigenvalue weighted by molar-refractivity contribution is 5.82. The van der Waals surface area contributed by atoms with Gasteiger partial charge in [-0.25, -0.2) is 0 Å². The molecule has 0 saturated carbocycles. The van der Waals surface area contributed by atoms with Crippen molar-refractivity contribution in [2.75, 3.05) is 26.2 Å². The molecular weight excluding hydrogens is 386 g/mol. The molecule has 5 nitrogen and oxygen atoms in total. The lowest BCUT2D eigenvalue weighted by Crippen LogP contribution is -2.50. The fraction of sp³-hybridized carbons (Fsp3) is 0.462. The molecule has 2 aromatic rings. The van der Waals surface area contributed by atoms with Gasteiger partial charge in [0.15, 0.2) is 0 Å². The number of likely N-dealkylation sites (tertiary alicyclic amines) is 2. The molecule has 0 unspecified atom stereocenters. The molecule has 1 N–H and O–H groups in total. The first kappa shape index (κ1) is 21.6. The van der Waals surface area contributed by atoms with Crippen molar-refractivity contribution in [3.05, 3.63) is 71.8 Å². The Morgan fingerprint density at radius 3 is 2.16 bits per heavy atom. The highest BCUT2D eigenvalue weighted by atomic mass is 16.2. The average molecular weight is 420 g/mol. The van der Waals surface area contributed by atoms with Crippen LogP contribution in [0, 0.1) is 5.92 Å². The van der Waals surface area contributed by atoms with Gasteiger partial charge in [-0.2, -0.15) is 0 Å². The van der Waals surface area contributed by atoms with E-state index in [2.05, 4.69) is 34.5 Å². The molecule has 2 amide bonds. The second-order valence-corrected chi connectivity index (χ2v) is 8.89. The maximum Gasteiger partial charge on any atom is 0.227 e. The van der Waals surface area contributed by atoms with Crippen molar-refractivity contribution >= 4 is 11.8 Å². The number of benzene rings is 2. The summed E-state index contributed by atoms with van der Waals surface area (Å²) in [6.45, 7) is 4.29. The van der Waals surface area contributed by atoms with Gasteiger partial charge in [-0.15, -0.1) is 0 Å². The van der Waals surface area contributed by atoms with Gasteiger partial charge in [0.25, 0.3) is 0 Å². The van der Waals surface area contributed by atoms with E-state index in [0.29, 0.717) is 13.0 Å². The number of carbonyl (C=O) groups excluding carboxylic acids is 2. The number of amides is 2. The number of piperidine rings is 2. The number of nitrogens with one attached hydrogen (secondary N) is 1. The van der Waals surface area contributed by atoms with Crippen molar-refractivity contribution in [1.29, 1.82) is 0 Å². The van der Waals surface area contributed by atoms with E-state index >= 15 is 0 Å². The van der Waals surface area contributed by atoms with Crippen molar-refractivity contribution in [2.45, 2.75) is 44.7 Å². The molecule has 0 radical (unpaired) electrons. The van der Waals surface area contributed by atoms with E-state index in [9.17, 15) is 9.59 Å². The van der Waals surface area contributed by atoms with Crippen molar-refractivity contribution < 1.29 is 9.59 Å². The lowest BCUT2D eigenvalue weighted by atomic mass is 9.95. The first-order valence-corrected chi connectivity index (χ1v) is 11.6. The minimum absolute atomic E-state index is 0.0872. The summed E-state index contributed by atoms with van der Waals surface area (Å²) in [5.74, 6) is 0.160. The Morgan fingerprint density at radius 1 is 0.839 bits per heavy atom. The molecule has 5 heteroatoms. The highest BCUT2D eigenvalue weighted by Crippen LogP contribution is 2.20. The van der Waals surface area contributed by atoms with Crippen molar-refractivity contribution in [3.8, 4) is 0 Å². The molecule has 164 valence electrons. The third kappa shape index (κ3) is 6.17. The van der Waals surface area contributed by atoms with Crippen LogP contribution in [0.5, 0.6) is 0 Å². The smallest absolute Gasteiger partial charge is 0.227 e. The Bertz CT molecular complexity index is 847. The number of rotatable bonds is 6. The number of hydrogen-bond acceptors (Lipinski definition) is 3. The predicted molar refractivity (Wildman–Crippen MR) is 122 cm³/mol. The van der Waals surface area contributed by atoms with E-state index in [1.54, 1.807) is 0 Å². The zero-order valence-electron chi connectivity index (χ0n) is 18.2. The van der Waals surface area contributed by atoms with Gasteiger partial charge in [0.1, 0.15) is 0 Å². The van der Waals surface area contributed by atoms with Gasteiger partial charge in [0.05, 0.1) is 12.3 Å². The van der Waals surface area contributed by atoms with Crippen LogP contribution in [0.1, 0.15) is 36.8 Å². The van der Waals surface area contributed by atoms with E-state index < -0.39 is 0 Å². The van der Waals surface area contributed by atoms with Crippen molar-refractivity contribution in [2.24, 2.45) is 5.92 Å². The minimum Gasteiger partial charge on any atom is -0.353 e. The lowest BCUT2D eigenvalue weighted by Gasteiger charge is -2.35. The van der Waals surface area contributed by atoms with Crippen LogP contribution in [-0.4, -0.2) is 53.8 Å². The zero-order valence-corrected chi connectivity index (χ0v) is 18.2. The summed E-state index contributed by atoms with van der Waals surface area (Å²) in [5, 5.41) is 3.28. The summed E-state index contributed by atoms with van der Waals surface area (Å²) in [4.78, 5) is 29.9. The van der Waals surface area contributed by atoms with Gasteiger partial charge in [-0.1, -0.05) is 60.7 Å². The summed E-state index contributed by atoms with van der Waals surface area (Å²) < 4.78 is 0. The molecule has 0 bridgehead atoms. The minimum atomic E-state index is -0.0872. The van der Waals surface area contributed by atoms with E-state index in [0.717, 1.165) is 57.4 Å². The molecule has 2 fully saturated rings. The van der Waals surface area contributed by atoms with E-state index in [1.165, 1.54) is 5.56 Å². The molecule has 2 heterocycles. The van der Waals surface area contributed by atoms with Crippen molar-refractivity contribution in [3.63, 3.8) is 0 Å². The molecule has 2 aromatic carbocycles. The molecule has 0 aliphatic carbocycles. The van der Waals surface area contributed by atoms with Gasteiger partial charge >= 0.3 is 0 Å². The molecule has 0 spiro atoms. The Balaban J connectivity index is 1.22.